The molecule has 3 rings (SSSR count). The van der Waals surface area contributed by atoms with Crippen molar-refractivity contribution in [1.29, 1.82) is 0 Å². The van der Waals surface area contributed by atoms with Gasteiger partial charge in [-0.3, -0.25) is 20.6 Å². The Labute approximate surface area is 135 Å². The van der Waals surface area contributed by atoms with Gasteiger partial charge in [0.1, 0.15) is 0 Å². The minimum atomic E-state index is -4.52. The zero-order chi connectivity index (χ0) is 17.2. The number of pyridine rings is 1. The lowest BCUT2D eigenvalue weighted by Gasteiger charge is -2.15. The fraction of sp³-hybridized carbons (Fsp3) is 0.0588. The van der Waals surface area contributed by atoms with Gasteiger partial charge in [-0.1, -0.05) is 30.3 Å². The molecule has 0 saturated carbocycles. The lowest BCUT2D eigenvalue weighted by molar-refractivity contribution is -0.137. The molecule has 0 bridgehead atoms. The Morgan fingerprint density at radius 3 is 2.46 bits per heavy atom. The zero-order valence-electron chi connectivity index (χ0n) is 12.3. The Bertz CT molecular complexity index is 888. The van der Waals surface area contributed by atoms with Crippen molar-refractivity contribution in [2.75, 3.05) is 5.43 Å². The molecule has 1 amide bonds. The van der Waals surface area contributed by atoms with E-state index in [1.54, 1.807) is 24.3 Å². The van der Waals surface area contributed by atoms with Crippen molar-refractivity contribution in [3.8, 4) is 0 Å². The summed E-state index contributed by atoms with van der Waals surface area (Å²) in [6, 6.07) is 13.4. The number of hydrogen-bond donors (Lipinski definition) is 2. The van der Waals surface area contributed by atoms with Crippen molar-refractivity contribution in [1.82, 2.24) is 10.4 Å². The minimum absolute atomic E-state index is 0.225. The van der Waals surface area contributed by atoms with E-state index in [1.807, 2.05) is 0 Å². The van der Waals surface area contributed by atoms with Crippen LogP contribution in [0, 0.1) is 0 Å². The molecule has 7 heteroatoms. The number of fused-ring (bicyclic) bond motifs is 1. The van der Waals surface area contributed by atoms with Crippen LogP contribution < -0.4 is 10.9 Å². The molecular weight excluding hydrogens is 319 g/mol. The predicted molar refractivity (Wildman–Crippen MR) is 84.3 cm³/mol. The first kappa shape index (κ1) is 15.8. The van der Waals surface area contributed by atoms with Crippen molar-refractivity contribution < 1.29 is 18.0 Å². The van der Waals surface area contributed by atoms with Crippen LogP contribution in [-0.2, 0) is 6.18 Å². The number of hydrogen-bond acceptors (Lipinski definition) is 3. The Kier molecular flexibility index (Phi) is 4.07. The molecule has 122 valence electrons. The summed E-state index contributed by atoms with van der Waals surface area (Å²) in [5.41, 5.74) is 4.51. The fourth-order valence-corrected chi connectivity index (χ4v) is 2.32. The second kappa shape index (κ2) is 6.19. The molecule has 0 fully saturated rings. The average molecular weight is 331 g/mol. The van der Waals surface area contributed by atoms with E-state index in [-0.39, 0.29) is 5.69 Å². The van der Waals surface area contributed by atoms with Gasteiger partial charge in [0.25, 0.3) is 5.91 Å². The molecule has 2 N–H and O–H groups in total. The smallest absolute Gasteiger partial charge is 0.298 e. The molecule has 0 aliphatic rings. The summed E-state index contributed by atoms with van der Waals surface area (Å²) in [6.45, 7) is 0. The maximum atomic E-state index is 12.9. The number of alkyl halides is 3. The number of carbonyl (C=O) groups excluding carboxylic acids is 1. The van der Waals surface area contributed by atoms with Crippen molar-refractivity contribution >= 4 is 22.5 Å². The van der Waals surface area contributed by atoms with Crippen LogP contribution in [0.25, 0.3) is 10.9 Å². The molecule has 4 nitrogen and oxygen atoms in total. The number of anilines is 1. The number of rotatable bonds is 3. The molecule has 0 atom stereocenters. The number of halogens is 3. The Balaban J connectivity index is 1.84. The van der Waals surface area contributed by atoms with Gasteiger partial charge in [0.05, 0.1) is 22.3 Å². The van der Waals surface area contributed by atoms with E-state index in [1.165, 1.54) is 30.5 Å². The molecule has 0 radical (unpaired) electrons. The highest BCUT2D eigenvalue weighted by atomic mass is 19.4. The van der Waals surface area contributed by atoms with Gasteiger partial charge in [0.2, 0.25) is 0 Å². The molecular formula is C17H12F3N3O. The van der Waals surface area contributed by atoms with Gasteiger partial charge >= 0.3 is 6.18 Å². The monoisotopic (exact) mass is 331 g/mol. The molecule has 1 aromatic heterocycles. The van der Waals surface area contributed by atoms with Gasteiger partial charge in [-0.15, -0.1) is 0 Å². The first-order chi connectivity index (χ1) is 11.5. The maximum absolute atomic E-state index is 12.9. The number of amides is 1. The number of aromatic nitrogens is 1. The van der Waals surface area contributed by atoms with Gasteiger partial charge in [-0.2, -0.15) is 13.2 Å². The third-order valence-electron chi connectivity index (χ3n) is 3.44. The largest absolute Gasteiger partial charge is 0.418 e. The van der Waals surface area contributed by atoms with Gasteiger partial charge < -0.3 is 0 Å². The van der Waals surface area contributed by atoms with Crippen molar-refractivity contribution in [3.63, 3.8) is 0 Å². The summed E-state index contributed by atoms with van der Waals surface area (Å²) < 4.78 is 38.8. The first-order valence-corrected chi connectivity index (χ1v) is 7.03. The quantitative estimate of drug-likeness (QED) is 0.713. The second-order valence-electron chi connectivity index (χ2n) is 5.00. The number of carbonyl (C=O) groups is 1. The maximum Gasteiger partial charge on any atom is 0.418 e. The summed E-state index contributed by atoms with van der Waals surface area (Å²) >= 11 is 0. The van der Waals surface area contributed by atoms with Gasteiger partial charge in [0.15, 0.2) is 0 Å². The standard InChI is InChI=1S/C17H12F3N3O/c18-17(19,20)13-6-2-4-8-15(13)22-23-16(24)12-9-10-21-14-7-3-1-5-11(12)14/h1-10,22H,(H,23,24). The second-order valence-corrected chi connectivity index (χ2v) is 5.00. The third kappa shape index (κ3) is 3.15. The highest BCUT2D eigenvalue weighted by Crippen LogP contribution is 2.34. The van der Waals surface area contributed by atoms with Crippen LogP contribution in [-0.4, -0.2) is 10.9 Å². The van der Waals surface area contributed by atoms with Crippen LogP contribution in [0.4, 0.5) is 18.9 Å². The number of nitrogens with one attached hydrogen (secondary N) is 2. The zero-order valence-corrected chi connectivity index (χ0v) is 12.3. The van der Waals surface area contributed by atoms with Crippen LogP contribution in [0.15, 0.2) is 60.8 Å². The Hall–Kier alpha value is -3.09. The van der Waals surface area contributed by atoms with E-state index in [9.17, 15) is 18.0 Å². The van der Waals surface area contributed by atoms with Gasteiger partial charge in [-0.05, 0) is 24.3 Å². The third-order valence-corrected chi connectivity index (χ3v) is 3.44. The highest BCUT2D eigenvalue weighted by molar-refractivity contribution is 6.06. The molecule has 1 heterocycles. The molecule has 0 unspecified atom stereocenters. The average Bonchev–Trinajstić information content (AvgIpc) is 2.58. The van der Waals surface area contributed by atoms with Gasteiger partial charge in [0, 0.05) is 11.6 Å². The van der Waals surface area contributed by atoms with Crippen molar-refractivity contribution in [3.05, 3.63) is 71.9 Å². The fourth-order valence-electron chi connectivity index (χ4n) is 2.32. The molecule has 24 heavy (non-hydrogen) atoms. The summed E-state index contributed by atoms with van der Waals surface area (Å²) in [5.74, 6) is -0.550. The number of para-hydroxylation sites is 2. The topological polar surface area (TPSA) is 54.0 Å². The van der Waals surface area contributed by atoms with Crippen LogP contribution in [0.2, 0.25) is 0 Å². The van der Waals surface area contributed by atoms with E-state index in [2.05, 4.69) is 15.8 Å². The molecule has 0 aliphatic heterocycles. The van der Waals surface area contributed by atoms with E-state index in [4.69, 9.17) is 0 Å². The summed E-state index contributed by atoms with van der Waals surface area (Å²) in [7, 11) is 0. The normalized spacial score (nSPS) is 11.3. The van der Waals surface area contributed by atoms with Gasteiger partial charge in [-0.25, -0.2) is 0 Å². The van der Waals surface area contributed by atoms with Crippen LogP contribution in [0.3, 0.4) is 0 Å². The van der Waals surface area contributed by atoms with E-state index in [0.29, 0.717) is 16.5 Å². The number of benzene rings is 2. The van der Waals surface area contributed by atoms with E-state index >= 15 is 0 Å². The Morgan fingerprint density at radius 1 is 0.958 bits per heavy atom. The van der Waals surface area contributed by atoms with Crippen molar-refractivity contribution in [2.24, 2.45) is 0 Å². The van der Waals surface area contributed by atoms with Crippen LogP contribution >= 0.6 is 0 Å². The number of hydrazine groups is 1. The lowest BCUT2D eigenvalue weighted by Crippen LogP contribution is -2.30. The number of nitrogens with zero attached hydrogens (tertiary/aromatic N) is 1. The van der Waals surface area contributed by atoms with Crippen LogP contribution in [0.5, 0.6) is 0 Å². The molecule has 0 spiro atoms. The van der Waals surface area contributed by atoms with Crippen molar-refractivity contribution in [2.45, 2.75) is 6.18 Å². The predicted octanol–water partition coefficient (Wildman–Crippen LogP) is 4.01. The summed E-state index contributed by atoms with van der Waals surface area (Å²) in [6.07, 6.45) is -3.04. The lowest BCUT2D eigenvalue weighted by atomic mass is 10.1. The molecule has 0 saturated heterocycles. The molecule has 3 aromatic rings. The minimum Gasteiger partial charge on any atom is -0.298 e. The highest BCUT2D eigenvalue weighted by Gasteiger charge is 2.33. The molecule has 2 aromatic carbocycles. The SMILES string of the molecule is O=C(NNc1ccccc1C(F)(F)F)c1ccnc2ccccc12. The van der Waals surface area contributed by atoms with E-state index < -0.39 is 17.6 Å². The van der Waals surface area contributed by atoms with E-state index in [0.717, 1.165) is 6.07 Å². The van der Waals surface area contributed by atoms with Crippen LogP contribution in [0.1, 0.15) is 15.9 Å². The Morgan fingerprint density at radius 2 is 1.67 bits per heavy atom. The molecule has 0 aliphatic carbocycles. The summed E-state index contributed by atoms with van der Waals surface area (Å²) in [4.78, 5) is 16.5. The first-order valence-electron chi connectivity index (χ1n) is 7.03. The summed E-state index contributed by atoms with van der Waals surface area (Å²) in [5, 5.41) is 0.614.